The Morgan fingerprint density at radius 1 is 1.50 bits per heavy atom. The number of halogens is 1. The van der Waals surface area contributed by atoms with Crippen LogP contribution in [0.2, 0.25) is 0 Å². The first kappa shape index (κ1) is 9.55. The molecule has 0 heterocycles. The molecular formula is C9H11FOS. The van der Waals surface area contributed by atoms with Crippen molar-refractivity contribution in [3.63, 3.8) is 0 Å². The van der Waals surface area contributed by atoms with Crippen LogP contribution in [0.25, 0.3) is 0 Å². The molecule has 1 nitrogen and oxygen atoms in total. The van der Waals surface area contributed by atoms with Crippen LogP contribution >= 0.6 is 11.8 Å². The molecule has 3 heteroatoms. The van der Waals surface area contributed by atoms with Crippen LogP contribution < -0.4 is 0 Å². The van der Waals surface area contributed by atoms with Crippen molar-refractivity contribution >= 4 is 11.8 Å². The lowest BCUT2D eigenvalue weighted by molar-refractivity contribution is 0.272. The average molecular weight is 186 g/mol. The van der Waals surface area contributed by atoms with Crippen molar-refractivity contribution in [2.45, 2.75) is 18.4 Å². The number of benzene rings is 1. The SMILES string of the molecule is CCSc1cccc(F)c1CO. The lowest BCUT2D eigenvalue weighted by Crippen LogP contribution is -1.92. The van der Waals surface area contributed by atoms with E-state index in [-0.39, 0.29) is 12.4 Å². The first-order chi connectivity index (χ1) is 5.79. The second-order valence-electron chi connectivity index (χ2n) is 2.31. The number of aliphatic hydroxyl groups excluding tert-OH is 1. The van der Waals surface area contributed by atoms with Crippen molar-refractivity contribution in [1.29, 1.82) is 0 Å². The van der Waals surface area contributed by atoms with E-state index in [9.17, 15) is 4.39 Å². The Hall–Kier alpha value is -0.540. The first-order valence-corrected chi connectivity index (χ1v) is 4.79. The summed E-state index contributed by atoms with van der Waals surface area (Å²) in [5.41, 5.74) is 0.407. The Balaban J connectivity index is 3.00. The maximum absolute atomic E-state index is 13.0. The van der Waals surface area contributed by atoms with E-state index in [4.69, 9.17) is 5.11 Å². The molecule has 0 aliphatic carbocycles. The Labute approximate surface area is 75.6 Å². The number of aliphatic hydroxyl groups is 1. The monoisotopic (exact) mass is 186 g/mol. The largest absolute Gasteiger partial charge is 0.392 e. The molecule has 0 unspecified atom stereocenters. The van der Waals surface area contributed by atoms with Crippen LogP contribution in [-0.2, 0) is 6.61 Å². The summed E-state index contributed by atoms with van der Waals surface area (Å²) in [5.74, 6) is 0.562. The van der Waals surface area contributed by atoms with Gasteiger partial charge >= 0.3 is 0 Å². The second-order valence-corrected chi connectivity index (χ2v) is 3.61. The van der Waals surface area contributed by atoms with Crippen molar-refractivity contribution in [2.75, 3.05) is 5.75 Å². The summed E-state index contributed by atoms with van der Waals surface area (Å²) in [5, 5.41) is 8.87. The predicted molar refractivity (Wildman–Crippen MR) is 48.7 cm³/mol. The van der Waals surface area contributed by atoms with Gasteiger partial charge in [-0.15, -0.1) is 11.8 Å². The third-order valence-corrected chi connectivity index (χ3v) is 2.52. The topological polar surface area (TPSA) is 20.2 Å². The number of thioether (sulfide) groups is 1. The van der Waals surface area contributed by atoms with Gasteiger partial charge in [-0.1, -0.05) is 13.0 Å². The molecule has 0 aromatic heterocycles. The van der Waals surface area contributed by atoms with Crippen LogP contribution in [0.5, 0.6) is 0 Å². The Morgan fingerprint density at radius 3 is 2.83 bits per heavy atom. The molecule has 0 saturated carbocycles. The third-order valence-electron chi connectivity index (χ3n) is 1.53. The third kappa shape index (κ3) is 1.99. The molecule has 0 atom stereocenters. The molecule has 66 valence electrons. The van der Waals surface area contributed by atoms with E-state index in [1.165, 1.54) is 6.07 Å². The van der Waals surface area contributed by atoms with Gasteiger partial charge in [0.1, 0.15) is 5.82 Å². The van der Waals surface area contributed by atoms with Gasteiger partial charge in [-0.3, -0.25) is 0 Å². The molecular weight excluding hydrogens is 175 g/mol. The van der Waals surface area contributed by atoms with Gasteiger partial charge in [-0.25, -0.2) is 4.39 Å². The fourth-order valence-corrected chi connectivity index (χ4v) is 1.81. The van der Waals surface area contributed by atoms with Gasteiger partial charge in [-0.2, -0.15) is 0 Å². The molecule has 0 saturated heterocycles. The highest BCUT2D eigenvalue weighted by Gasteiger charge is 2.05. The predicted octanol–water partition coefficient (Wildman–Crippen LogP) is 2.43. The van der Waals surface area contributed by atoms with Crippen molar-refractivity contribution < 1.29 is 9.50 Å². The maximum Gasteiger partial charge on any atom is 0.129 e. The van der Waals surface area contributed by atoms with Crippen molar-refractivity contribution in [3.05, 3.63) is 29.6 Å². The van der Waals surface area contributed by atoms with Crippen LogP contribution in [0.15, 0.2) is 23.1 Å². The molecule has 0 radical (unpaired) electrons. The highest BCUT2D eigenvalue weighted by atomic mass is 32.2. The minimum Gasteiger partial charge on any atom is -0.392 e. The highest BCUT2D eigenvalue weighted by Crippen LogP contribution is 2.24. The minimum atomic E-state index is -0.323. The zero-order valence-corrected chi connectivity index (χ0v) is 7.70. The first-order valence-electron chi connectivity index (χ1n) is 3.80. The lowest BCUT2D eigenvalue weighted by Gasteiger charge is -2.05. The van der Waals surface area contributed by atoms with Gasteiger partial charge in [0, 0.05) is 10.5 Å². The molecule has 1 aromatic carbocycles. The summed E-state index contributed by atoms with van der Waals surface area (Å²) in [7, 11) is 0. The van der Waals surface area contributed by atoms with Crippen LogP contribution in [0.1, 0.15) is 12.5 Å². The van der Waals surface area contributed by atoms with Crippen molar-refractivity contribution in [2.24, 2.45) is 0 Å². The molecule has 1 N–H and O–H groups in total. The van der Waals surface area contributed by atoms with Crippen LogP contribution in [0, 0.1) is 5.82 Å². The highest BCUT2D eigenvalue weighted by molar-refractivity contribution is 7.99. The quantitative estimate of drug-likeness (QED) is 0.731. The zero-order chi connectivity index (χ0) is 8.97. The number of hydrogen-bond donors (Lipinski definition) is 1. The number of hydrogen-bond acceptors (Lipinski definition) is 2. The Bertz CT molecular complexity index is 263. The summed E-state index contributed by atoms with van der Waals surface area (Å²) in [6.45, 7) is 1.77. The Kier molecular flexibility index (Phi) is 3.56. The van der Waals surface area contributed by atoms with E-state index in [0.717, 1.165) is 10.6 Å². The van der Waals surface area contributed by atoms with Gasteiger partial charge in [0.25, 0.3) is 0 Å². The van der Waals surface area contributed by atoms with Gasteiger partial charge in [0.15, 0.2) is 0 Å². The fraction of sp³-hybridized carbons (Fsp3) is 0.333. The van der Waals surface area contributed by atoms with Crippen LogP contribution in [0.4, 0.5) is 4.39 Å². The van der Waals surface area contributed by atoms with E-state index >= 15 is 0 Å². The molecule has 0 amide bonds. The van der Waals surface area contributed by atoms with Crippen LogP contribution in [-0.4, -0.2) is 10.9 Å². The van der Waals surface area contributed by atoms with Crippen LogP contribution in [0.3, 0.4) is 0 Å². The molecule has 0 fully saturated rings. The van der Waals surface area contributed by atoms with Gasteiger partial charge in [0.2, 0.25) is 0 Å². The fourth-order valence-electron chi connectivity index (χ4n) is 0.983. The van der Waals surface area contributed by atoms with E-state index in [0.29, 0.717) is 5.56 Å². The summed E-state index contributed by atoms with van der Waals surface area (Å²) in [6, 6.07) is 4.85. The summed E-state index contributed by atoms with van der Waals surface area (Å²) in [6.07, 6.45) is 0. The summed E-state index contributed by atoms with van der Waals surface area (Å²) >= 11 is 1.54. The van der Waals surface area contributed by atoms with Gasteiger partial charge < -0.3 is 5.11 Å². The molecule has 1 rings (SSSR count). The van der Waals surface area contributed by atoms with Gasteiger partial charge in [-0.05, 0) is 17.9 Å². The molecule has 1 aromatic rings. The molecule has 0 bridgehead atoms. The summed E-state index contributed by atoms with van der Waals surface area (Å²) < 4.78 is 13.0. The van der Waals surface area contributed by atoms with E-state index in [2.05, 4.69) is 0 Å². The minimum absolute atomic E-state index is 0.227. The van der Waals surface area contributed by atoms with Crippen molar-refractivity contribution in [3.8, 4) is 0 Å². The normalized spacial score (nSPS) is 10.2. The summed E-state index contributed by atoms with van der Waals surface area (Å²) in [4.78, 5) is 0.833. The van der Waals surface area contributed by atoms with E-state index in [1.54, 1.807) is 17.8 Å². The average Bonchev–Trinajstić information content (AvgIpc) is 2.05. The van der Waals surface area contributed by atoms with Gasteiger partial charge in [0.05, 0.1) is 6.61 Å². The lowest BCUT2D eigenvalue weighted by atomic mass is 10.2. The Morgan fingerprint density at radius 2 is 2.25 bits per heavy atom. The molecule has 0 aliphatic heterocycles. The molecule has 0 aliphatic rings. The smallest absolute Gasteiger partial charge is 0.129 e. The molecule has 12 heavy (non-hydrogen) atoms. The maximum atomic E-state index is 13.0. The van der Waals surface area contributed by atoms with Crippen molar-refractivity contribution in [1.82, 2.24) is 0 Å². The van der Waals surface area contributed by atoms with E-state index in [1.807, 2.05) is 13.0 Å². The number of rotatable bonds is 3. The zero-order valence-electron chi connectivity index (χ0n) is 6.88. The van der Waals surface area contributed by atoms with E-state index < -0.39 is 0 Å². The standard InChI is InChI=1S/C9H11FOS/c1-2-12-9-5-3-4-8(10)7(9)6-11/h3-5,11H,2,6H2,1H3. The molecule has 0 spiro atoms. The second kappa shape index (κ2) is 4.48.